The summed E-state index contributed by atoms with van der Waals surface area (Å²) in [5, 5.41) is 0.210. The highest BCUT2D eigenvalue weighted by Crippen LogP contribution is 2.21. The van der Waals surface area contributed by atoms with Crippen LogP contribution in [-0.2, 0) is 11.3 Å². The van der Waals surface area contributed by atoms with Crippen molar-refractivity contribution in [3.63, 3.8) is 0 Å². The van der Waals surface area contributed by atoms with Gasteiger partial charge in [-0.15, -0.1) is 0 Å². The topological polar surface area (TPSA) is 71.5 Å². The molecular formula is C21H20ClN5O2. The third-order valence-corrected chi connectivity index (χ3v) is 4.92. The van der Waals surface area contributed by atoms with Crippen molar-refractivity contribution in [3.8, 4) is 11.3 Å². The number of hydrogen-bond donors (Lipinski definition) is 0. The highest BCUT2D eigenvalue weighted by Gasteiger charge is 2.23. The summed E-state index contributed by atoms with van der Waals surface area (Å²) in [6, 6.07) is 15.4. The van der Waals surface area contributed by atoms with E-state index in [1.165, 1.54) is 0 Å². The normalized spacial score (nSPS) is 14.0. The lowest BCUT2D eigenvalue weighted by atomic mass is 10.2. The van der Waals surface area contributed by atoms with Gasteiger partial charge in [-0.25, -0.2) is 19.7 Å². The summed E-state index contributed by atoms with van der Waals surface area (Å²) in [5.74, 6) is 0.867. The predicted molar refractivity (Wildman–Crippen MR) is 111 cm³/mol. The Morgan fingerprint density at radius 1 is 1.00 bits per heavy atom. The van der Waals surface area contributed by atoms with E-state index in [0.29, 0.717) is 26.2 Å². The van der Waals surface area contributed by atoms with E-state index in [2.05, 4.69) is 19.9 Å². The molecule has 8 heteroatoms. The largest absolute Gasteiger partial charge is 0.445 e. The zero-order valence-electron chi connectivity index (χ0n) is 15.7. The first-order valence-corrected chi connectivity index (χ1v) is 9.72. The Morgan fingerprint density at radius 3 is 2.48 bits per heavy atom. The molecule has 0 unspecified atom stereocenters. The smallest absolute Gasteiger partial charge is 0.410 e. The highest BCUT2D eigenvalue weighted by atomic mass is 35.5. The lowest BCUT2D eigenvalue weighted by Crippen LogP contribution is -2.49. The third-order valence-electron chi connectivity index (χ3n) is 4.74. The van der Waals surface area contributed by atoms with Crippen molar-refractivity contribution in [1.29, 1.82) is 0 Å². The third kappa shape index (κ3) is 4.81. The predicted octanol–water partition coefficient (Wildman–Crippen LogP) is 3.65. The Balaban J connectivity index is 1.30. The van der Waals surface area contributed by atoms with Crippen molar-refractivity contribution < 1.29 is 9.53 Å². The lowest BCUT2D eigenvalue weighted by Gasteiger charge is -2.34. The maximum atomic E-state index is 12.3. The number of benzene rings is 1. The van der Waals surface area contributed by atoms with Gasteiger partial charge in [-0.3, -0.25) is 0 Å². The van der Waals surface area contributed by atoms with Crippen LogP contribution in [0.2, 0.25) is 5.28 Å². The molecule has 0 atom stereocenters. The number of anilines is 1. The second-order valence-electron chi connectivity index (χ2n) is 6.63. The van der Waals surface area contributed by atoms with Crippen molar-refractivity contribution >= 4 is 23.5 Å². The number of piperazine rings is 1. The van der Waals surface area contributed by atoms with E-state index >= 15 is 0 Å². The van der Waals surface area contributed by atoms with Crippen molar-refractivity contribution in [2.45, 2.75) is 6.61 Å². The number of halogens is 1. The molecule has 0 spiro atoms. The number of aromatic nitrogens is 3. The van der Waals surface area contributed by atoms with Gasteiger partial charge in [0.2, 0.25) is 5.28 Å². The Hall–Kier alpha value is -3.19. The summed E-state index contributed by atoms with van der Waals surface area (Å²) in [4.78, 5) is 28.8. The maximum Gasteiger partial charge on any atom is 0.410 e. The Kier molecular flexibility index (Phi) is 5.86. The van der Waals surface area contributed by atoms with Crippen molar-refractivity contribution in [1.82, 2.24) is 19.9 Å². The molecule has 7 nitrogen and oxygen atoms in total. The first-order chi connectivity index (χ1) is 14.2. The second kappa shape index (κ2) is 8.87. The number of hydrogen-bond acceptors (Lipinski definition) is 6. The molecule has 0 saturated carbocycles. The second-order valence-corrected chi connectivity index (χ2v) is 6.97. The molecule has 148 valence electrons. The minimum Gasteiger partial charge on any atom is -0.445 e. The monoisotopic (exact) mass is 409 g/mol. The molecule has 1 aliphatic heterocycles. The molecule has 3 heterocycles. The van der Waals surface area contributed by atoms with Crippen LogP contribution in [0.5, 0.6) is 0 Å². The van der Waals surface area contributed by atoms with E-state index < -0.39 is 0 Å². The number of pyridine rings is 1. The molecule has 1 aromatic carbocycles. The van der Waals surface area contributed by atoms with Gasteiger partial charge in [0.1, 0.15) is 12.4 Å². The zero-order valence-corrected chi connectivity index (χ0v) is 16.5. The fraction of sp³-hybridized carbons (Fsp3) is 0.238. The Morgan fingerprint density at radius 2 is 1.79 bits per heavy atom. The average molecular weight is 410 g/mol. The van der Waals surface area contributed by atoms with Crippen LogP contribution >= 0.6 is 11.6 Å². The zero-order chi connectivity index (χ0) is 20.1. The number of rotatable bonds is 4. The molecule has 29 heavy (non-hydrogen) atoms. The van der Waals surface area contributed by atoms with Crippen molar-refractivity contribution in [3.05, 3.63) is 71.8 Å². The van der Waals surface area contributed by atoms with Crippen LogP contribution < -0.4 is 4.90 Å². The summed E-state index contributed by atoms with van der Waals surface area (Å²) in [6.07, 6.45) is 3.11. The molecule has 1 saturated heterocycles. The van der Waals surface area contributed by atoms with E-state index in [0.717, 1.165) is 22.6 Å². The number of nitrogens with zero attached hydrogens (tertiary/aromatic N) is 5. The molecule has 0 bridgehead atoms. The van der Waals surface area contributed by atoms with Gasteiger partial charge in [0.05, 0.1) is 5.69 Å². The highest BCUT2D eigenvalue weighted by molar-refractivity contribution is 6.28. The average Bonchev–Trinajstić information content (AvgIpc) is 2.78. The van der Waals surface area contributed by atoms with Gasteiger partial charge < -0.3 is 14.5 Å². The quantitative estimate of drug-likeness (QED) is 0.612. The minimum atomic E-state index is -0.280. The Bertz CT molecular complexity index is 960. The van der Waals surface area contributed by atoms with E-state index in [4.69, 9.17) is 16.3 Å². The van der Waals surface area contributed by atoms with Gasteiger partial charge in [0.15, 0.2) is 0 Å². The number of carbonyl (C=O) groups is 1. The maximum absolute atomic E-state index is 12.3. The minimum absolute atomic E-state index is 0.210. The van der Waals surface area contributed by atoms with E-state index in [1.807, 2.05) is 42.5 Å². The van der Waals surface area contributed by atoms with Gasteiger partial charge in [0.25, 0.3) is 0 Å². The molecule has 0 aliphatic carbocycles. The number of carbonyl (C=O) groups excluding carboxylic acids is 1. The molecule has 1 fully saturated rings. The van der Waals surface area contributed by atoms with Crippen molar-refractivity contribution in [2.75, 3.05) is 31.1 Å². The Labute approximate surface area is 173 Å². The first-order valence-electron chi connectivity index (χ1n) is 9.34. The van der Waals surface area contributed by atoms with Crippen LogP contribution in [0.25, 0.3) is 11.3 Å². The fourth-order valence-corrected chi connectivity index (χ4v) is 3.30. The molecular weight excluding hydrogens is 390 g/mol. The summed E-state index contributed by atoms with van der Waals surface area (Å²) in [6.45, 7) is 2.88. The van der Waals surface area contributed by atoms with Gasteiger partial charge >= 0.3 is 6.09 Å². The van der Waals surface area contributed by atoms with Crippen LogP contribution in [0.4, 0.5) is 10.6 Å². The van der Waals surface area contributed by atoms with E-state index in [1.54, 1.807) is 23.4 Å². The van der Waals surface area contributed by atoms with Gasteiger partial charge in [-0.1, -0.05) is 30.3 Å². The molecule has 1 amide bonds. The number of ether oxygens (including phenoxy) is 1. The van der Waals surface area contributed by atoms with Gasteiger partial charge in [-0.05, 0) is 35.4 Å². The van der Waals surface area contributed by atoms with Crippen LogP contribution in [0.15, 0.2) is 60.9 Å². The first kappa shape index (κ1) is 19.1. The molecule has 1 aliphatic rings. The van der Waals surface area contributed by atoms with Gasteiger partial charge in [0, 0.05) is 44.1 Å². The summed E-state index contributed by atoms with van der Waals surface area (Å²) in [5.41, 5.74) is 2.59. The van der Waals surface area contributed by atoms with E-state index in [-0.39, 0.29) is 18.0 Å². The fourth-order valence-electron chi connectivity index (χ4n) is 3.15. The molecule has 3 aromatic rings. The molecule has 4 rings (SSSR count). The number of amides is 1. The SMILES string of the molecule is O=C(OCc1ccccc1)N1CCN(c2ccc(-c3ccnc(Cl)n3)cn2)CC1. The van der Waals surface area contributed by atoms with Crippen LogP contribution in [0.3, 0.4) is 0 Å². The van der Waals surface area contributed by atoms with E-state index in [9.17, 15) is 4.79 Å². The summed E-state index contributed by atoms with van der Waals surface area (Å²) >= 11 is 5.85. The molecule has 0 radical (unpaired) electrons. The van der Waals surface area contributed by atoms with Crippen LogP contribution in [0, 0.1) is 0 Å². The van der Waals surface area contributed by atoms with Crippen molar-refractivity contribution in [2.24, 2.45) is 0 Å². The van der Waals surface area contributed by atoms with Crippen LogP contribution in [0.1, 0.15) is 5.56 Å². The summed E-state index contributed by atoms with van der Waals surface area (Å²) in [7, 11) is 0. The lowest BCUT2D eigenvalue weighted by molar-refractivity contribution is 0.0941. The van der Waals surface area contributed by atoms with Crippen LogP contribution in [-0.4, -0.2) is 52.1 Å². The molecule has 2 aromatic heterocycles. The summed E-state index contributed by atoms with van der Waals surface area (Å²) < 4.78 is 5.41. The van der Waals surface area contributed by atoms with Gasteiger partial charge in [-0.2, -0.15) is 0 Å². The standard InChI is InChI=1S/C21H20ClN5O2/c22-20-23-9-8-18(25-20)17-6-7-19(24-14-17)26-10-12-27(13-11-26)21(28)29-15-16-4-2-1-3-5-16/h1-9,14H,10-13,15H2. The molecule has 0 N–H and O–H groups in total.